The molecule has 0 aliphatic carbocycles. The first-order chi connectivity index (χ1) is 19.4. The minimum absolute atomic E-state index is 0.232. The summed E-state index contributed by atoms with van der Waals surface area (Å²) in [6.07, 6.45) is 5.36. The van der Waals surface area contributed by atoms with Gasteiger partial charge in [-0.1, -0.05) is 54.3 Å². The summed E-state index contributed by atoms with van der Waals surface area (Å²) in [4.78, 5) is 23.0. The number of hydrogen-bond acceptors (Lipinski definition) is 5. The van der Waals surface area contributed by atoms with Gasteiger partial charge in [0.05, 0.1) is 39.8 Å². The van der Waals surface area contributed by atoms with E-state index in [4.69, 9.17) is 4.98 Å². The molecule has 8 nitrogen and oxygen atoms in total. The fraction of sp³-hybridized carbons (Fsp3) is 0.156. The molecule has 1 atom stereocenters. The Hall–Kier alpha value is -5.29. The number of fused-ring (bicyclic) bond motifs is 2. The van der Waals surface area contributed by atoms with E-state index in [0.717, 1.165) is 44.5 Å². The predicted octanol–water partition coefficient (Wildman–Crippen LogP) is 5.19. The van der Waals surface area contributed by atoms with E-state index in [2.05, 4.69) is 38.4 Å². The molecule has 0 radical (unpaired) electrons. The van der Waals surface area contributed by atoms with Crippen LogP contribution in [0.5, 0.6) is 0 Å². The van der Waals surface area contributed by atoms with Gasteiger partial charge in [-0.15, -0.1) is 0 Å². The number of nitrogens with zero attached hydrogens (tertiary/aromatic N) is 6. The third-order valence-electron chi connectivity index (χ3n) is 6.88. The molecule has 0 aliphatic rings. The molecular formula is C32H27N7O. The van der Waals surface area contributed by atoms with E-state index in [0.29, 0.717) is 16.9 Å². The maximum Gasteiger partial charge on any atom is 0.257 e. The summed E-state index contributed by atoms with van der Waals surface area (Å²) in [5.41, 5.74) is 7.67. The first-order valence-electron chi connectivity index (χ1n) is 13.0. The fourth-order valence-electron chi connectivity index (χ4n) is 4.94. The number of amides is 1. The summed E-state index contributed by atoms with van der Waals surface area (Å²) >= 11 is 0. The first kappa shape index (κ1) is 25.0. The summed E-state index contributed by atoms with van der Waals surface area (Å²) in [6, 6.07) is 19.5. The van der Waals surface area contributed by atoms with E-state index >= 15 is 0 Å². The van der Waals surface area contributed by atoms with Crippen molar-refractivity contribution < 1.29 is 4.79 Å². The molecule has 0 fully saturated rings. The Morgan fingerprint density at radius 2 is 1.75 bits per heavy atom. The van der Waals surface area contributed by atoms with Gasteiger partial charge >= 0.3 is 0 Å². The minimum Gasteiger partial charge on any atom is -0.345 e. The van der Waals surface area contributed by atoms with E-state index < -0.39 is 0 Å². The Kier molecular flexibility index (Phi) is 6.33. The Labute approximate surface area is 231 Å². The highest BCUT2D eigenvalue weighted by Crippen LogP contribution is 2.31. The summed E-state index contributed by atoms with van der Waals surface area (Å²) in [5.74, 6) is 6.33. The topological polar surface area (TPSA) is 90.0 Å². The number of carbonyl (C=O) groups is 1. The van der Waals surface area contributed by atoms with Crippen molar-refractivity contribution in [3.63, 3.8) is 0 Å². The van der Waals surface area contributed by atoms with Crippen LogP contribution in [0.25, 0.3) is 27.8 Å². The van der Waals surface area contributed by atoms with Gasteiger partial charge in [0, 0.05) is 42.2 Å². The number of aromatic nitrogens is 6. The van der Waals surface area contributed by atoms with Crippen LogP contribution in [0.4, 0.5) is 0 Å². The van der Waals surface area contributed by atoms with Gasteiger partial charge in [-0.05, 0) is 39.0 Å². The van der Waals surface area contributed by atoms with Gasteiger partial charge in [-0.25, -0.2) is 14.5 Å². The molecule has 8 heteroatoms. The zero-order valence-corrected chi connectivity index (χ0v) is 22.7. The summed E-state index contributed by atoms with van der Waals surface area (Å²) < 4.78 is 3.39. The Morgan fingerprint density at radius 1 is 0.950 bits per heavy atom. The standard InChI is InChI=1S/C32H27N7O/c1-20-26(19-38(4)36-20)15-14-24-12-8-13-25-18-27(30(35-29(24)25)23-10-6-5-7-11-23)21(2)34-32(40)28-22(3)37-39-17-9-16-33-31(28)39/h5-13,16-19,21H,1-4H3,(H,34,40)/t21-/m0/s1. The second-order valence-corrected chi connectivity index (χ2v) is 9.76. The number of hydrogen-bond donors (Lipinski definition) is 1. The minimum atomic E-state index is -0.342. The van der Waals surface area contributed by atoms with Crippen molar-refractivity contribution >= 4 is 22.5 Å². The number of carbonyl (C=O) groups excluding carboxylic acids is 1. The number of rotatable bonds is 4. The molecule has 6 rings (SSSR count). The molecule has 0 spiro atoms. The summed E-state index contributed by atoms with van der Waals surface area (Å²) in [7, 11) is 1.89. The SMILES string of the molecule is Cc1nn(C)cc1C#Cc1cccc2cc([C@H](C)NC(=O)c3c(C)nn4cccnc34)c(-c3ccccc3)nc12. The van der Waals surface area contributed by atoms with Gasteiger partial charge in [-0.3, -0.25) is 9.48 Å². The van der Waals surface area contributed by atoms with E-state index in [1.54, 1.807) is 27.7 Å². The number of aryl methyl sites for hydroxylation is 3. The van der Waals surface area contributed by atoms with E-state index in [-0.39, 0.29) is 11.9 Å². The highest BCUT2D eigenvalue weighted by molar-refractivity contribution is 6.01. The van der Waals surface area contributed by atoms with Crippen LogP contribution in [0.1, 0.15) is 51.4 Å². The second kappa shape index (κ2) is 10.1. The summed E-state index contributed by atoms with van der Waals surface area (Å²) in [5, 5.41) is 12.9. The lowest BCUT2D eigenvalue weighted by Gasteiger charge is -2.19. The predicted molar refractivity (Wildman–Crippen MR) is 155 cm³/mol. The molecule has 0 bridgehead atoms. The normalized spacial score (nSPS) is 11.8. The van der Waals surface area contributed by atoms with E-state index in [1.165, 1.54) is 0 Å². The highest BCUT2D eigenvalue weighted by Gasteiger charge is 2.23. The Bertz CT molecular complexity index is 1960. The van der Waals surface area contributed by atoms with Crippen LogP contribution in [0, 0.1) is 25.7 Å². The van der Waals surface area contributed by atoms with Crippen LogP contribution < -0.4 is 5.32 Å². The quantitative estimate of drug-likeness (QED) is 0.320. The molecule has 2 aromatic carbocycles. The van der Waals surface area contributed by atoms with Crippen LogP contribution >= 0.6 is 0 Å². The fourth-order valence-corrected chi connectivity index (χ4v) is 4.94. The second-order valence-electron chi connectivity index (χ2n) is 9.76. The average molecular weight is 526 g/mol. The smallest absolute Gasteiger partial charge is 0.257 e. The number of pyridine rings is 1. The Balaban J connectivity index is 1.43. The molecule has 0 unspecified atom stereocenters. The largest absolute Gasteiger partial charge is 0.345 e. The summed E-state index contributed by atoms with van der Waals surface area (Å²) in [6.45, 7) is 5.73. The van der Waals surface area contributed by atoms with Crippen molar-refractivity contribution in [1.82, 2.24) is 34.7 Å². The van der Waals surface area contributed by atoms with Crippen molar-refractivity contribution in [2.24, 2.45) is 7.05 Å². The van der Waals surface area contributed by atoms with Crippen LogP contribution in [0.3, 0.4) is 0 Å². The molecule has 4 aromatic heterocycles. The Morgan fingerprint density at radius 3 is 2.52 bits per heavy atom. The molecule has 1 amide bonds. The highest BCUT2D eigenvalue weighted by atomic mass is 16.1. The van der Waals surface area contributed by atoms with Crippen LogP contribution in [-0.4, -0.2) is 35.3 Å². The van der Waals surface area contributed by atoms with Crippen LogP contribution in [0.15, 0.2) is 79.3 Å². The van der Waals surface area contributed by atoms with Crippen molar-refractivity contribution in [2.45, 2.75) is 26.8 Å². The van der Waals surface area contributed by atoms with Crippen molar-refractivity contribution in [1.29, 1.82) is 0 Å². The molecule has 4 heterocycles. The monoisotopic (exact) mass is 525 g/mol. The molecule has 196 valence electrons. The van der Waals surface area contributed by atoms with E-state index in [1.807, 2.05) is 82.5 Å². The zero-order valence-electron chi connectivity index (χ0n) is 22.7. The van der Waals surface area contributed by atoms with Crippen LogP contribution in [0.2, 0.25) is 0 Å². The van der Waals surface area contributed by atoms with Gasteiger partial charge in [0.15, 0.2) is 5.65 Å². The molecule has 0 saturated heterocycles. The maximum atomic E-state index is 13.5. The first-order valence-corrected chi connectivity index (χ1v) is 13.0. The van der Waals surface area contributed by atoms with Gasteiger partial charge in [0.2, 0.25) is 0 Å². The lowest BCUT2D eigenvalue weighted by Crippen LogP contribution is -2.27. The lowest BCUT2D eigenvalue weighted by molar-refractivity contribution is 0.0941. The van der Waals surface area contributed by atoms with Crippen molar-refractivity contribution in [3.8, 4) is 23.1 Å². The van der Waals surface area contributed by atoms with Crippen LogP contribution in [-0.2, 0) is 7.05 Å². The van der Waals surface area contributed by atoms with Crippen molar-refractivity contribution in [3.05, 3.63) is 113 Å². The zero-order chi connectivity index (χ0) is 27.8. The molecular weight excluding hydrogens is 498 g/mol. The lowest BCUT2D eigenvalue weighted by atomic mass is 9.97. The van der Waals surface area contributed by atoms with Gasteiger partial charge in [-0.2, -0.15) is 10.2 Å². The molecule has 1 N–H and O–H groups in total. The molecule has 0 saturated carbocycles. The van der Waals surface area contributed by atoms with Crippen molar-refractivity contribution in [2.75, 3.05) is 0 Å². The van der Waals surface area contributed by atoms with E-state index in [9.17, 15) is 4.79 Å². The number of para-hydroxylation sites is 1. The third kappa shape index (κ3) is 4.58. The molecule has 40 heavy (non-hydrogen) atoms. The maximum absolute atomic E-state index is 13.5. The van der Waals surface area contributed by atoms with Gasteiger partial charge < -0.3 is 5.32 Å². The van der Waals surface area contributed by atoms with Gasteiger partial charge in [0.25, 0.3) is 5.91 Å². The average Bonchev–Trinajstić information content (AvgIpc) is 3.47. The molecule has 0 aliphatic heterocycles. The molecule has 6 aromatic rings. The third-order valence-corrected chi connectivity index (χ3v) is 6.88. The number of nitrogens with one attached hydrogen (secondary N) is 1. The number of benzene rings is 2. The van der Waals surface area contributed by atoms with Gasteiger partial charge in [0.1, 0.15) is 5.56 Å².